The van der Waals surface area contributed by atoms with Gasteiger partial charge in [0.05, 0.1) is 0 Å². The van der Waals surface area contributed by atoms with E-state index in [0.29, 0.717) is 25.1 Å². The SMILES string of the molecule is C#CCCCCC(=O)N1CCSCC1C(=O)O. The minimum absolute atomic E-state index is 0.0604. The summed E-state index contributed by atoms with van der Waals surface area (Å²) in [5.41, 5.74) is 0. The van der Waals surface area contributed by atoms with Gasteiger partial charge in [0.2, 0.25) is 5.91 Å². The normalized spacial score (nSPS) is 19.7. The van der Waals surface area contributed by atoms with Crippen molar-refractivity contribution in [2.24, 2.45) is 0 Å². The third-order valence-electron chi connectivity index (χ3n) is 2.70. The second kappa shape index (κ2) is 7.23. The van der Waals surface area contributed by atoms with Crippen molar-refractivity contribution in [2.75, 3.05) is 18.1 Å². The molecular weight excluding hydrogens is 238 g/mol. The molecule has 94 valence electrons. The Morgan fingerprint density at radius 1 is 1.47 bits per heavy atom. The van der Waals surface area contributed by atoms with Gasteiger partial charge in [0.1, 0.15) is 6.04 Å². The van der Waals surface area contributed by atoms with Crippen LogP contribution >= 0.6 is 11.8 Å². The van der Waals surface area contributed by atoms with E-state index in [4.69, 9.17) is 11.5 Å². The number of terminal acetylenes is 1. The van der Waals surface area contributed by atoms with Crippen molar-refractivity contribution >= 4 is 23.6 Å². The molecular formula is C12H17NO3S. The zero-order chi connectivity index (χ0) is 12.7. The summed E-state index contributed by atoms with van der Waals surface area (Å²) in [6.45, 7) is 0.537. The van der Waals surface area contributed by atoms with E-state index >= 15 is 0 Å². The fourth-order valence-electron chi connectivity index (χ4n) is 1.75. The van der Waals surface area contributed by atoms with Gasteiger partial charge in [0.15, 0.2) is 0 Å². The van der Waals surface area contributed by atoms with E-state index in [0.717, 1.165) is 18.6 Å². The lowest BCUT2D eigenvalue weighted by Crippen LogP contribution is -2.50. The van der Waals surface area contributed by atoms with Crippen molar-refractivity contribution in [1.29, 1.82) is 0 Å². The van der Waals surface area contributed by atoms with Crippen molar-refractivity contribution in [1.82, 2.24) is 4.90 Å². The lowest BCUT2D eigenvalue weighted by Gasteiger charge is -2.32. The monoisotopic (exact) mass is 255 g/mol. The van der Waals surface area contributed by atoms with Gasteiger partial charge in [-0.1, -0.05) is 0 Å². The van der Waals surface area contributed by atoms with Crippen molar-refractivity contribution in [3.05, 3.63) is 0 Å². The van der Waals surface area contributed by atoms with Crippen molar-refractivity contribution in [3.8, 4) is 12.3 Å². The highest BCUT2D eigenvalue weighted by molar-refractivity contribution is 7.99. The van der Waals surface area contributed by atoms with Gasteiger partial charge < -0.3 is 10.0 Å². The predicted octanol–water partition coefficient (Wildman–Crippen LogP) is 1.21. The Labute approximate surface area is 106 Å². The lowest BCUT2D eigenvalue weighted by atomic mass is 10.1. The summed E-state index contributed by atoms with van der Waals surface area (Å²) in [4.78, 5) is 24.4. The average molecular weight is 255 g/mol. The molecule has 0 aromatic rings. The number of carbonyl (C=O) groups is 2. The molecule has 0 aromatic carbocycles. The summed E-state index contributed by atoms with van der Waals surface area (Å²) in [6.07, 6.45) is 7.75. The number of carboxylic acid groups (broad SMARTS) is 1. The summed E-state index contributed by atoms with van der Waals surface area (Å²) >= 11 is 1.58. The number of aliphatic carboxylic acids is 1. The highest BCUT2D eigenvalue weighted by Gasteiger charge is 2.31. The summed E-state index contributed by atoms with van der Waals surface area (Å²) in [5, 5.41) is 9.03. The van der Waals surface area contributed by atoms with Crippen LogP contribution in [0.5, 0.6) is 0 Å². The van der Waals surface area contributed by atoms with Crippen LogP contribution in [0.2, 0.25) is 0 Å². The van der Waals surface area contributed by atoms with E-state index in [9.17, 15) is 9.59 Å². The summed E-state index contributed by atoms with van der Waals surface area (Å²) in [6, 6.07) is -0.658. The highest BCUT2D eigenvalue weighted by Crippen LogP contribution is 2.18. The number of thioether (sulfide) groups is 1. The maximum absolute atomic E-state index is 11.9. The lowest BCUT2D eigenvalue weighted by molar-refractivity contribution is -0.149. The fraction of sp³-hybridized carbons (Fsp3) is 0.667. The molecule has 5 heteroatoms. The van der Waals surface area contributed by atoms with Crippen LogP contribution in [0, 0.1) is 12.3 Å². The molecule has 1 atom stereocenters. The van der Waals surface area contributed by atoms with Crippen LogP contribution in [-0.4, -0.2) is 46.0 Å². The van der Waals surface area contributed by atoms with E-state index in [1.165, 1.54) is 4.90 Å². The number of unbranched alkanes of at least 4 members (excludes halogenated alkanes) is 2. The van der Waals surface area contributed by atoms with Gasteiger partial charge in [-0.25, -0.2) is 4.79 Å². The molecule has 1 N–H and O–H groups in total. The Bertz CT molecular complexity index is 324. The van der Waals surface area contributed by atoms with Gasteiger partial charge in [-0.2, -0.15) is 11.8 Å². The first-order chi connectivity index (χ1) is 8.16. The molecule has 1 aliphatic heterocycles. The number of carboxylic acids is 1. The van der Waals surface area contributed by atoms with Crippen LogP contribution < -0.4 is 0 Å². The molecule has 1 fully saturated rings. The van der Waals surface area contributed by atoms with E-state index in [1.54, 1.807) is 11.8 Å². The topological polar surface area (TPSA) is 57.6 Å². The molecule has 1 rings (SSSR count). The number of amides is 1. The van der Waals surface area contributed by atoms with E-state index in [1.807, 2.05) is 0 Å². The minimum Gasteiger partial charge on any atom is -0.480 e. The smallest absolute Gasteiger partial charge is 0.327 e. The number of hydrogen-bond acceptors (Lipinski definition) is 3. The van der Waals surface area contributed by atoms with Crippen LogP contribution in [0.4, 0.5) is 0 Å². The Hall–Kier alpha value is -1.15. The molecule has 0 aromatic heterocycles. The molecule has 0 bridgehead atoms. The number of hydrogen-bond donors (Lipinski definition) is 1. The van der Waals surface area contributed by atoms with Gasteiger partial charge in [-0.05, 0) is 12.8 Å². The van der Waals surface area contributed by atoms with Crippen LogP contribution in [0.1, 0.15) is 25.7 Å². The van der Waals surface area contributed by atoms with Crippen LogP contribution in [0.3, 0.4) is 0 Å². The summed E-state index contributed by atoms with van der Waals surface area (Å²) < 4.78 is 0. The first kappa shape index (κ1) is 13.9. The number of nitrogens with zero attached hydrogens (tertiary/aromatic N) is 1. The van der Waals surface area contributed by atoms with Gasteiger partial charge in [-0.15, -0.1) is 12.3 Å². The van der Waals surface area contributed by atoms with Gasteiger partial charge in [-0.3, -0.25) is 4.79 Å². The molecule has 4 nitrogen and oxygen atoms in total. The van der Waals surface area contributed by atoms with Crippen LogP contribution in [0.25, 0.3) is 0 Å². The minimum atomic E-state index is -0.908. The zero-order valence-electron chi connectivity index (χ0n) is 9.72. The third kappa shape index (κ3) is 4.31. The first-order valence-corrected chi connectivity index (χ1v) is 6.85. The second-order valence-electron chi connectivity index (χ2n) is 3.93. The second-order valence-corrected chi connectivity index (χ2v) is 5.08. The van der Waals surface area contributed by atoms with Gasteiger partial charge >= 0.3 is 5.97 Å². The standard InChI is InChI=1S/C12H17NO3S/c1-2-3-4-5-6-11(14)13-7-8-17-9-10(13)12(15)16/h1,10H,3-9H2,(H,15,16). The van der Waals surface area contributed by atoms with E-state index in [2.05, 4.69) is 5.92 Å². The maximum Gasteiger partial charge on any atom is 0.327 e. The van der Waals surface area contributed by atoms with Gasteiger partial charge in [0.25, 0.3) is 0 Å². The third-order valence-corrected chi connectivity index (χ3v) is 3.72. The number of carbonyl (C=O) groups excluding carboxylic acids is 1. The van der Waals surface area contributed by atoms with Crippen molar-refractivity contribution in [2.45, 2.75) is 31.7 Å². The predicted molar refractivity (Wildman–Crippen MR) is 67.8 cm³/mol. The largest absolute Gasteiger partial charge is 0.480 e. The van der Waals surface area contributed by atoms with Crippen molar-refractivity contribution in [3.63, 3.8) is 0 Å². The van der Waals surface area contributed by atoms with Crippen LogP contribution in [0.15, 0.2) is 0 Å². The summed E-state index contributed by atoms with van der Waals surface area (Å²) in [7, 11) is 0. The number of rotatable bonds is 5. The summed E-state index contributed by atoms with van der Waals surface area (Å²) in [5.74, 6) is 2.87. The molecule has 17 heavy (non-hydrogen) atoms. The molecule has 0 saturated carbocycles. The Balaban J connectivity index is 2.42. The zero-order valence-corrected chi connectivity index (χ0v) is 10.5. The Kier molecular flexibility index (Phi) is 5.92. The quantitative estimate of drug-likeness (QED) is 0.592. The molecule has 0 radical (unpaired) electrons. The highest BCUT2D eigenvalue weighted by atomic mass is 32.2. The molecule has 1 unspecified atom stereocenters. The average Bonchev–Trinajstić information content (AvgIpc) is 2.34. The molecule has 1 heterocycles. The van der Waals surface area contributed by atoms with Crippen LogP contribution in [-0.2, 0) is 9.59 Å². The fourth-order valence-corrected chi connectivity index (χ4v) is 2.79. The van der Waals surface area contributed by atoms with E-state index < -0.39 is 12.0 Å². The van der Waals surface area contributed by atoms with Crippen molar-refractivity contribution < 1.29 is 14.7 Å². The molecule has 0 aliphatic carbocycles. The molecule has 0 spiro atoms. The molecule has 1 aliphatic rings. The molecule has 1 saturated heterocycles. The Morgan fingerprint density at radius 2 is 2.24 bits per heavy atom. The maximum atomic E-state index is 11.9. The Morgan fingerprint density at radius 3 is 2.88 bits per heavy atom. The first-order valence-electron chi connectivity index (χ1n) is 5.70. The van der Waals surface area contributed by atoms with E-state index in [-0.39, 0.29) is 5.91 Å². The molecule has 1 amide bonds. The van der Waals surface area contributed by atoms with Gasteiger partial charge in [0, 0.05) is 30.9 Å².